The molecule has 5 nitrogen and oxygen atoms in total. The van der Waals surface area contributed by atoms with Crippen LogP contribution in [0.3, 0.4) is 0 Å². The second-order valence-electron chi connectivity index (χ2n) is 4.07. The number of hydrogen-bond acceptors (Lipinski definition) is 3. The molecule has 1 atom stereocenters. The molecule has 2 rings (SSSR count). The largest absolute Gasteiger partial charge is 0.494 e. The van der Waals surface area contributed by atoms with Crippen LogP contribution in [0.2, 0.25) is 0 Å². The van der Waals surface area contributed by atoms with E-state index in [1.807, 2.05) is 0 Å². The third-order valence-electron chi connectivity index (χ3n) is 2.94. The van der Waals surface area contributed by atoms with E-state index in [0.717, 1.165) is 0 Å². The second-order valence-corrected chi connectivity index (χ2v) is 4.07. The average molecular weight is 254 g/mol. The number of amides is 2. The number of hydrogen-bond donors (Lipinski definition) is 2. The summed E-state index contributed by atoms with van der Waals surface area (Å²) in [5.74, 6) is -0.278. The molecule has 98 valence electrons. The summed E-state index contributed by atoms with van der Waals surface area (Å²) in [6.07, 6.45) is 0. The van der Waals surface area contributed by atoms with Gasteiger partial charge in [-0.2, -0.15) is 0 Å². The minimum absolute atomic E-state index is 0.0862. The first-order valence-electron chi connectivity index (χ1n) is 5.65. The minimum Gasteiger partial charge on any atom is -0.494 e. The maximum atomic E-state index is 13.6. The fraction of sp³-hybridized carbons (Fsp3) is 0.417. The number of methoxy groups -OCH3 is 1. The molecule has 2 N–H and O–H groups in total. The van der Waals surface area contributed by atoms with Crippen LogP contribution in [-0.4, -0.2) is 42.8 Å². The smallest absolute Gasteiger partial charge is 0.318 e. The summed E-state index contributed by atoms with van der Waals surface area (Å²) in [7, 11) is 1.40. The predicted molar refractivity (Wildman–Crippen MR) is 62.9 cm³/mol. The van der Waals surface area contributed by atoms with Crippen molar-refractivity contribution < 1.29 is 19.0 Å². The third kappa shape index (κ3) is 2.38. The lowest BCUT2D eigenvalue weighted by Gasteiger charge is -2.13. The molecule has 0 saturated carbocycles. The summed E-state index contributed by atoms with van der Waals surface area (Å²) in [5, 5.41) is 11.6. The van der Waals surface area contributed by atoms with E-state index in [4.69, 9.17) is 9.84 Å². The number of rotatable bonds is 4. The number of halogens is 1. The molecule has 0 radical (unpaired) electrons. The van der Waals surface area contributed by atoms with E-state index in [2.05, 4.69) is 5.32 Å². The van der Waals surface area contributed by atoms with Gasteiger partial charge in [0.1, 0.15) is 0 Å². The van der Waals surface area contributed by atoms with Crippen molar-refractivity contribution in [2.75, 3.05) is 26.8 Å². The van der Waals surface area contributed by atoms with Gasteiger partial charge < -0.3 is 20.1 Å². The Hall–Kier alpha value is -1.82. The number of carbonyl (C=O) groups excluding carboxylic acids is 1. The highest BCUT2D eigenvalue weighted by Crippen LogP contribution is 2.25. The molecule has 1 fully saturated rings. The van der Waals surface area contributed by atoms with Gasteiger partial charge in [-0.15, -0.1) is 0 Å². The molecule has 0 aromatic heterocycles. The first-order chi connectivity index (χ1) is 8.65. The topological polar surface area (TPSA) is 61.8 Å². The maximum absolute atomic E-state index is 13.6. The Morgan fingerprint density at radius 2 is 2.39 bits per heavy atom. The summed E-state index contributed by atoms with van der Waals surface area (Å²) < 4.78 is 18.4. The van der Waals surface area contributed by atoms with Crippen molar-refractivity contribution in [1.82, 2.24) is 10.2 Å². The SMILES string of the molecule is COc1ccc(C2CN(CCO)C(=O)N2)cc1F. The van der Waals surface area contributed by atoms with Gasteiger partial charge in [0.2, 0.25) is 0 Å². The van der Waals surface area contributed by atoms with Gasteiger partial charge in [-0.25, -0.2) is 9.18 Å². The zero-order valence-electron chi connectivity index (χ0n) is 10.0. The van der Waals surface area contributed by atoms with Crippen LogP contribution in [0, 0.1) is 5.82 Å². The van der Waals surface area contributed by atoms with Crippen molar-refractivity contribution in [1.29, 1.82) is 0 Å². The number of aliphatic hydroxyl groups is 1. The van der Waals surface area contributed by atoms with E-state index in [1.54, 1.807) is 6.07 Å². The lowest BCUT2D eigenvalue weighted by Crippen LogP contribution is -2.30. The molecule has 6 heteroatoms. The molecular weight excluding hydrogens is 239 g/mol. The molecule has 0 aliphatic carbocycles. The Morgan fingerprint density at radius 1 is 1.61 bits per heavy atom. The van der Waals surface area contributed by atoms with Crippen molar-refractivity contribution in [3.63, 3.8) is 0 Å². The highest BCUT2D eigenvalue weighted by molar-refractivity contribution is 5.77. The summed E-state index contributed by atoms with van der Waals surface area (Å²) in [5.41, 5.74) is 0.682. The fourth-order valence-corrected chi connectivity index (χ4v) is 1.99. The van der Waals surface area contributed by atoms with Gasteiger partial charge in [0, 0.05) is 13.1 Å². The Kier molecular flexibility index (Phi) is 3.66. The third-order valence-corrected chi connectivity index (χ3v) is 2.94. The maximum Gasteiger partial charge on any atom is 0.318 e. The lowest BCUT2D eigenvalue weighted by molar-refractivity contribution is 0.196. The van der Waals surface area contributed by atoms with Gasteiger partial charge in [0.25, 0.3) is 0 Å². The highest BCUT2D eigenvalue weighted by Gasteiger charge is 2.29. The number of nitrogens with zero attached hydrogens (tertiary/aromatic N) is 1. The molecule has 1 heterocycles. The molecule has 1 saturated heterocycles. The first-order valence-corrected chi connectivity index (χ1v) is 5.65. The molecule has 1 aromatic rings. The number of aliphatic hydroxyl groups excluding tert-OH is 1. The Labute approximate surface area is 104 Å². The number of urea groups is 1. The van der Waals surface area contributed by atoms with Crippen LogP contribution < -0.4 is 10.1 Å². The Morgan fingerprint density at radius 3 is 3.00 bits per heavy atom. The molecule has 0 bridgehead atoms. The van der Waals surface area contributed by atoms with Gasteiger partial charge in [0.05, 0.1) is 19.8 Å². The molecular formula is C12H15FN2O3. The fourth-order valence-electron chi connectivity index (χ4n) is 1.99. The number of nitrogens with one attached hydrogen (secondary N) is 1. The number of β-amino-alcohol motifs (C(OH)–C–C–N with tert-alkyl or cyclic N) is 1. The highest BCUT2D eigenvalue weighted by atomic mass is 19.1. The zero-order valence-corrected chi connectivity index (χ0v) is 10.0. The predicted octanol–water partition coefficient (Wildman–Crippen LogP) is 0.893. The van der Waals surface area contributed by atoms with E-state index < -0.39 is 5.82 Å². The van der Waals surface area contributed by atoms with Crippen LogP contribution >= 0.6 is 0 Å². The van der Waals surface area contributed by atoms with Gasteiger partial charge in [-0.1, -0.05) is 6.07 Å². The van der Waals surface area contributed by atoms with Crippen LogP contribution in [0.4, 0.5) is 9.18 Å². The van der Waals surface area contributed by atoms with E-state index in [1.165, 1.54) is 24.1 Å². The van der Waals surface area contributed by atoms with E-state index >= 15 is 0 Å². The van der Waals surface area contributed by atoms with Crippen LogP contribution in [0.1, 0.15) is 11.6 Å². The van der Waals surface area contributed by atoms with Gasteiger partial charge in [-0.3, -0.25) is 0 Å². The van der Waals surface area contributed by atoms with Gasteiger partial charge in [0.15, 0.2) is 11.6 Å². The molecule has 1 aliphatic rings. The standard InChI is InChI=1S/C12H15FN2O3/c1-18-11-3-2-8(6-9(11)13)10-7-15(4-5-16)12(17)14-10/h2-3,6,10,16H,4-5,7H2,1H3,(H,14,17). The minimum atomic E-state index is -0.454. The summed E-state index contributed by atoms with van der Waals surface area (Å²) in [6.45, 7) is 0.614. The number of carbonyl (C=O) groups is 1. The van der Waals surface area contributed by atoms with E-state index in [-0.39, 0.29) is 31.0 Å². The van der Waals surface area contributed by atoms with Crippen LogP contribution in [-0.2, 0) is 0 Å². The van der Waals surface area contributed by atoms with E-state index in [0.29, 0.717) is 12.1 Å². The van der Waals surface area contributed by atoms with Gasteiger partial charge >= 0.3 is 6.03 Å². The quantitative estimate of drug-likeness (QED) is 0.839. The summed E-state index contributed by atoms with van der Waals surface area (Å²) >= 11 is 0. The van der Waals surface area contributed by atoms with Crippen molar-refractivity contribution in [2.24, 2.45) is 0 Å². The average Bonchev–Trinajstić information content (AvgIpc) is 2.71. The normalized spacial score (nSPS) is 18.9. The first kappa shape index (κ1) is 12.6. The van der Waals surface area contributed by atoms with Crippen molar-refractivity contribution in [3.8, 4) is 5.75 Å². The molecule has 0 spiro atoms. The molecule has 1 aromatic carbocycles. The molecule has 1 aliphatic heterocycles. The number of benzene rings is 1. The molecule has 1 unspecified atom stereocenters. The Bertz CT molecular complexity index is 453. The summed E-state index contributed by atoms with van der Waals surface area (Å²) in [4.78, 5) is 13.0. The van der Waals surface area contributed by atoms with Crippen LogP contribution in [0.5, 0.6) is 5.75 Å². The van der Waals surface area contributed by atoms with E-state index in [9.17, 15) is 9.18 Å². The molecule has 2 amide bonds. The monoisotopic (exact) mass is 254 g/mol. The van der Waals surface area contributed by atoms with Crippen LogP contribution in [0.25, 0.3) is 0 Å². The second kappa shape index (κ2) is 5.22. The Balaban J connectivity index is 2.13. The van der Waals surface area contributed by atoms with Crippen LogP contribution in [0.15, 0.2) is 18.2 Å². The van der Waals surface area contributed by atoms with Crippen molar-refractivity contribution >= 4 is 6.03 Å². The molecule has 18 heavy (non-hydrogen) atoms. The van der Waals surface area contributed by atoms with Crippen molar-refractivity contribution in [3.05, 3.63) is 29.6 Å². The van der Waals surface area contributed by atoms with Gasteiger partial charge in [-0.05, 0) is 17.7 Å². The number of ether oxygens (including phenoxy) is 1. The zero-order chi connectivity index (χ0) is 13.1. The lowest BCUT2D eigenvalue weighted by atomic mass is 10.1. The van der Waals surface area contributed by atoms with Crippen molar-refractivity contribution in [2.45, 2.75) is 6.04 Å². The summed E-state index contributed by atoms with van der Waals surface area (Å²) in [6, 6.07) is 4.10.